The van der Waals surface area contributed by atoms with Crippen LogP contribution in [0.1, 0.15) is 31.1 Å². The van der Waals surface area contributed by atoms with E-state index in [1.807, 2.05) is 0 Å². The van der Waals surface area contributed by atoms with Gasteiger partial charge in [0.2, 0.25) is 0 Å². The fraction of sp³-hybridized carbons (Fsp3) is 0.353. The zero-order valence-corrected chi connectivity index (χ0v) is 14.3. The molecule has 136 valence electrons. The lowest BCUT2D eigenvalue weighted by Gasteiger charge is -2.23. The Balaban J connectivity index is 1.93. The van der Waals surface area contributed by atoms with Crippen molar-refractivity contribution in [3.05, 3.63) is 41.2 Å². The van der Waals surface area contributed by atoms with Gasteiger partial charge in [-0.3, -0.25) is 0 Å². The molecule has 0 bridgehead atoms. The van der Waals surface area contributed by atoms with E-state index in [9.17, 15) is 13.2 Å². The normalized spacial score (nSPS) is 18.4. The Morgan fingerprint density at radius 1 is 1.19 bits per heavy atom. The van der Waals surface area contributed by atoms with Gasteiger partial charge in [0.05, 0.1) is 11.1 Å². The summed E-state index contributed by atoms with van der Waals surface area (Å²) in [6, 6.07) is 5.03. The van der Waals surface area contributed by atoms with Gasteiger partial charge in [-0.25, -0.2) is 14.6 Å². The second-order valence-corrected chi connectivity index (χ2v) is 6.43. The number of alkyl halides is 3. The van der Waals surface area contributed by atoms with E-state index in [1.54, 1.807) is 4.68 Å². The number of fused-ring (bicyclic) bond motifs is 1. The number of ether oxygens (including phenoxy) is 1. The molecular weight excluding hydrogens is 369 g/mol. The number of hydrogen-bond acceptors (Lipinski definition) is 4. The largest absolute Gasteiger partial charge is 0.416 e. The quantitative estimate of drug-likeness (QED) is 0.594. The topological polar surface area (TPSA) is 52.8 Å². The van der Waals surface area contributed by atoms with Gasteiger partial charge >= 0.3 is 6.18 Å². The highest BCUT2D eigenvalue weighted by molar-refractivity contribution is 6.29. The molecule has 0 spiro atoms. The molecule has 0 amide bonds. The fourth-order valence-corrected chi connectivity index (χ4v) is 3.21. The molecule has 0 aliphatic carbocycles. The molecule has 1 atom stereocenters. The lowest BCUT2D eigenvalue weighted by Crippen LogP contribution is -2.19. The van der Waals surface area contributed by atoms with Gasteiger partial charge in [-0.15, -0.1) is 0 Å². The van der Waals surface area contributed by atoms with Gasteiger partial charge in [0.15, 0.2) is 12.1 Å². The maximum absolute atomic E-state index is 13.2. The zero-order valence-electron chi connectivity index (χ0n) is 13.5. The molecule has 1 aliphatic rings. The molecule has 0 radical (unpaired) electrons. The Labute approximate surface area is 151 Å². The van der Waals surface area contributed by atoms with Crippen LogP contribution in [0.3, 0.4) is 0 Å². The number of benzene rings is 1. The number of hydrogen-bond donors (Lipinski definition) is 0. The molecule has 3 aromatic rings. The van der Waals surface area contributed by atoms with Crippen molar-refractivity contribution < 1.29 is 17.9 Å². The first-order valence-electron chi connectivity index (χ1n) is 8.13. The predicted octanol–water partition coefficient (Wildman–Crippen LogP) is 4.86. The number of nitrogens with zero attached hydrogens (tertiary/aromatic N) is 4. The lowest BCUT2D eigenvalue weighted by molar-refractivity contribution is -0.137. The molecule has 3 heterocycles. The average molecular weight is 383 g/mol. The second-order valence-electron chi connectivity index (χ2n) is 6.05. The molecule has 1 aliphatic heterocycles. The van der Waals surface area contributed by atoms with Crippen LogP contribution < -0.4 is 0 Å². The number of rotatable bonds is 2. The molecule has 1 saturated heterocycles. The van der Waals surface area contributed by atoms with Crippen molar-refractivity contribution in [2.45, 2.75) is 31.7 Å². The van der Waals surface area contributed by atoms with Crippen molar-refractivity contribution in [3.8, 4) is 11.5 Å². The van der Waals surface area contributed by atoms with Crippen LogP contribution in [0.4, 0.5) is 13.2 Å². The lowest BCUT2D eigenvalue weighted by atomic mass is 10.1. The van der Waals surface area contributed by atoms with Crippen molar-refractivity contribution in [1.29, 1.82) is 0 Å². The van der Waals surface area contributed by atoms with E-state index >= 15 is 0 Å². The Morgan fingerprint density at radius 2 is 2.04 bits per heavy atom. The van der Waals surface area contributed by atoms with Crippen LogP contribution in [-0.4, -0.2) is 26.4 Å². The van der Waals surface area contributed by atoms with Gasteiger partial charge in [0, 0.05) is 18.2 Å². The van der Waals surface area contributed by atoms with Crippen molar-refractivity contribution >= 4 is 22.5 Å². The van der Waals surface area contributed by atoms with Crippen LogP contribution >= 0.6 is 11.6 Å². The molecule has 1 aromatic carbocycles. The first-order valence-corrected chi connectivity index (χ1v) is 8.51. The van der Waals surface area contributed by atoms with E-state index < -0.39 is 11.7 Å². The van der Waals surface area contributed by atoms with E-state index in [0.29, 0.717) is 17.5 Å². The summed E-state index contributed by atoms with van der Waals surface area (Å²) in [4.78, 5) is 8.22. The Bertz CT molecular complexity index is 951. The van der Waals surface area contributed by atoms with Gasteiger partial charge < -0.3 is 4.74 Å². The predicted molar refractivity (Wildman–Crippen MR) is 89.6 cm³/mol. The molecule has 26 heavy (non-hydrogen) atoms. The molecule has 1 unspecified atom stereocenters. The Kier molecular flexibility index (Phi) is 4.32. The standard InChI is InChI=1S/C17H14ClF3N4O/c18-13-6-7-22-16(23-13)15-11-9-10(17(19,20)21)4-5-12(11)25(24-15)14-3-1-2-8-26-14/h4-7,9,14H,1-3,8H2. The minimum absolute atomic E-state index is 0.177. The van der Waals surface area contributed by atoms with Gasteiger partial charge in [-0.05, 0) is 43.5 Å². The average Bonchev–Trinajstić information content (AvgIpc) is 3.00. The fourth-order valence-electron chi connectivity index (χ4n) is 3.07. The number of halogens is 4. The molecule has 5 nitrogen and oxygen atoms in total. The van der Waals surface area contributed by atoms with Crippen LogP contribution in [0.15, 0.2) is 30.5 Å². The summed E-state index contributed by atoms with van der Waals surface area (Å²) in [5, 5.41) is 5.00. The summed E-state index contributed by atoms with van der Waals surface area (Å²) >= 11 is 5.91. The molecule has 1 fully saturated rings. The molecule has 0 N–H and O–H groups in total. The van der Waals surface area contributed by atoms with Crippen LogP contribution in [0.5, 0.6) is 0 Å². The monoisotopic (exact) mass is 382 g/mol. The Hall–Kier alpha value is -2.19. The number of aromatic nitrogens is 4. The highest BCUT2D eigenvalue weighted by Gasteiger charge is 2.32. The highest BCUT2D eigenvalue weighted by atomic mass is 35.5. The minimum Gasteiger partial charge on any atom is -0.356 e. The minimum atomic E-state index is -4.45. The molecular formula is C17H14ClF3N4O. The molecule has 2 aromatic heterocycles. The summed E-state index contributed by atoms with van der Waals surface area (Å²) in [6.45, 7) is 0.593. The third kappa shape index (κ3) is 3.14. The van der Waals surface area contributed by atoms with E-state index in [1.165, 1.54) is 18.3 Å². The van der Waals surface area contributed by atoms with Crippen LogP contribution in [0.2, 0.25) is 5.15 Å². The van der Waals surface area contributed by atoms with E-state index in [4.69, 9.17) is 16.3 Å². The summed E-state index contributed by atoms with van der Waals surface area (Å²) in [5.41, 5.74) is 0.0450. The second kappa shape index (κ2) is 6.51. The SMILES string of the molecule is FC(F)(F)c1ccc2c(c1)c(-c1nccc(Cl)n1)nn2C1CCCCO1. The van der Waals surface area contributed by atoms with Crippen molar-refractivity contribution in [3.63, 3.8) is 0 Å². The summed E-state index contributed by atoms with van der Waals surface area (Å²) in [6.07, 6.45) is -0.665. The summed E-state index contributed by atoms with van der Waals surface area (Å²) in [7, 11) is 0. The van der Waals surface area contributed by atoms with Gasteiger partial charge in [-0.1, -0.05) is 11.6 Å². The van der Waals surface area contributed by atoms with Crippen molar-refractivity contribution in [2.24, 2.45) is 0 Å². The maximum Gasteiger partial charge on any atom is 0.416 e. The van der Waals surface area contributed by atoms with E-state index in [-0.39, 0.29) is 22.9 Å². The Morgan fingerprint density at radius 3 is 2.73 bits per heavy atom. The third-order valence-electron chi connectivity index (χ3n) is 4.30. The van der Waals surface area contributed by atoms with Crippen LogP contribution in [0, 0.1) is 0 Å². The summed E-state index contributed by atoms with van der Waals surface area (Å²) in [5.74, 6) is 0.177. The molecule has 0 saturated carbocycles. The third-order valence-corrected chi connectivity index (χ3v) is 4.51. The first kappa shape index (κ1) is 17.2. The van der Waals surface area contributed by atoms with E-state index in [0.717, 1.165) is 31.4 Å². The van der Waals surface area contributed by atoms with Crippen molar-refractivity contribution in [2.75, 3.05) is 6.61 Å². The highest BCUT2D eigenvalue weighted by Crippen LogP contribution is 2.36. The van der Waals surface area contributed by atoms with Crippen LogP contribution in [-0.2, 0) is 10.9 Å². The molecule has 9 heteroatoms. The zero-order chi connectivity index (χ0) is 18.3. The first-order chi connectivity index (χ1) is 12.4. The van der Waals surface area contributed by atoms with Crippen LogP contribution in [0.25, 0.3) is 22.4 Å². The van der Waals surface area contributed by atoms with Gasteiger partial charge in [0.1, 0.15) is 10.8 Å². The smallest absolute Gasteiger partial charge is 0.356 e. The maximum atomic E-state index is 13.2. The van der Waals surface area contributed by atoms with E-state index in [2.05, 4.69) is 15.1 Å². The molecule has 4 rings (SSSR count). The van der Waals surface area contributed by atoms with Gasteiger partial charge in [-0.2, -0.15) is 18.3 Å². The summed E-state index contributed by atoms with van der Waals surface area (Å²) < 4.78 is 46.9. The van der Waals surface area contributed by atoms with Gasteiger partial charge in [0.25, 0.3) is 0 Å². The van der Waals surface area contributed by atoms with Crippen molar-refractivity contribution in [1.82, 2.24) is 19.7 Å².